The second-order valence-corrected chi connectivity index (χ2v) is 8.76. The molecule has 3 heterocycles. The zero-order valence-corrected chi connectivity index (χ0v) is 18.7. The molecule has 0 saturated heterocycles. The number of halogens is 3. The van der Waals surface area contributed by atoms with E-state index in [4.69, 9.17) is 14.2 Å². The summed E-state index contributed by atoms with van der Waals surface area (Å²) in [7, 11) is 0. The van der Waals surface area contributed by atoms with Crippen molar-refractivity contribution in [2.24, 2.45) is 0 Å². The van der Waals surface area contributed by atoms with Gasteiger partial charge in [0.25, 0.3) is 5.91 Å². The standard InChI is InChI=1S/C26H19F3N2O5/c27-26(28,29)12-30-23(32)16-6-2-1-5-15(16)11-31-19-8-4-3-7-17(19)25(24(31)33)13-34-20-10-22-21(9-18(20)25)35-14-36-22/h1-10H,11-14H2,(H,30,32). The first kappa shape index (κ1) is 22.3. The molecule has 3 aliphatic rings. The SMILES string of the molecule is O=C(NCC(F)(F)F)c1ccccc1CN1C(=O)C2(COc3cc4c(cc32)OCO4)c2ccccc21. The molecule has 2 amide bonds. The van der Waals surface area contributed by atoms with E-state index < -0.39 is 24.0 Å². The predicted molar refractivity (Wildman–Crippen MR) is 121 cm³/mol. The van der Waals surface area contributed by atoms with Gasteiger partial charge in [0.2, 0.25) is 12.7 Å². The topological polar surface area (TPSA) is 77.1 Å². The van der Waals surface area contributed by atoms with Gasteiger partial charge in [0.1, 0.15) is 24.3 Å². The summed E-state index contributed by atoms with van der Waals surface area (Å²) in [6.07, 6.45) is -4.54. The molecule has 0 bridgehead atoms. The lowest BCUT2D eigenvalue weighted by Crippen LogP contribution is -2.42. The Hall–Kier alpha value is -4.21. The van der Waals surface area contributed by atoms with E-state index in [9.17, 15) is 22.8 Å². The van der Waals surface area contributed by atoms with Crippen LogP contribution in [0.5, 0.6) is 17.2 Å². The quantitative estimate of drug-likeness (QED) is 0.593. The number of amides is 2. The van der Waals surface area contributed by atoms with Crippen molar-refractivity contribution in [2.45, 2.75) is 18.1 Å². The Labute approximate surface area is 203 Å². The van der Waals surface area contributed by atoms with Gasteiger partial charge in [-0.3, -0.25) is 9.59 Å². The van der Waals surface area contributed by atoms with E-state index in [-0.39, 0.29) is 31.4 Å². The van der Waals surface area contributed by atoms with Crippen LogP contribution in [0.4, 0.5) is 18.9 Å². The fourth-order valence-corrected chi connectivity index (χ4v) is 5.05. The number of benzene rings is 3. The van der Waals surface area contributed by atoms with Gasteiger partial charge in [0.15, 0.2) is 11.5 Å². The van der Waals surface area contributed by atoms with Crippen LogP contribution in [0.1, 0.15) is 27.0 Å². The van der Waals surface area contributed by atoms with Gasteiger partial charge in [-0.15, -0.1) is 0 Å². The first-order valence-corrected chi connectivity index (χ1v) is 11.2. The fraction of sp³-hybridized carbons (Fsp3) is 0.231. The summed E-state index contributed by atoms with van der Waals surface area (Å²) < 4.78 is 54.9. The summed E-state index contributed by atoms with van der Waals surface area (Å²) in [6, 6.07) is 17.1. The highest BCUT2D eigenvalue weighted by Crippen LogP contribution is 2.55. The summed E-state index contributed by atoms with van der Waals surface area (Å²) in [5, 5.41) is 1.91. The molecular weight excluding hydrogens is 477 g/mol. The van der Waals surface area contributed by atoms with Gasteiger partial charge < -0.3 is 24.4 Å². The van der Waals surface area contributed by atoms with E-state index in [0.717, 1.165) is 5.56 Å². The highest BCUT2D eigenvalue weighted by Gasteiger charge is 2.57. The molecule has 184 valence electrons. The van der Waals surface area contributed by atoms with Crippen LogP contribution in [-0.2, 0) is 16.8 Å². The van der Waals surface area contributed by atoms with Crippen molar-refractivity contribution < 1.29 is 37.0 Å². The Morgan fingerprint density at radius 3 is 2.47 bits per heavy atom. The molecule has 0 radical (unpaired) electrons. The Morgan fingerprint density at radius 2 is 1.67 bits per heavy atom. The van der Waals surface area contributed by atoms with Crippen LogP contribution in [0.25, 0.3) is 0 Å². The summed E-state index contributed by atoms with van der Waals surface area (Å²) in [4.78, 5) is 28.2. The molecule has 0 saturated carbocycles. The number of carbonyl (C=O) groups excluding carboxylic acids is 2. The third-order valence-corrected chi connectivity index (χ3v) is 6.68. The molecule has 36 heavy (non-hydrogen) atoms. The van der Waals surface area contributed by atoms with Crippen LogP contribution in [0.15, 0.2) is 60.7 Å². The highest BCUT2D eigenvalue weighted by molar-refractivity contribution is 6.11. The van der Waals surface area contributed by atoms with Gasteiger partial charge >= 0.3 is 6.18 Å². The van der Waals surface area contributed by atoms with Crippen molar-refractivity contribution in [3.63, 3.8) is 0 Å². The molecule has 3 aliphatic heterocycles. The average molecular weight is 496 g/mol. The van der Waals surface area contributed by atoms with Crippen LogP contribution >= 0.6 is 0 Å². The molecule has 0 aromatic heterocycles. The molecule has 1 atom stereocenters. The number of hydrogen-bond acceptors (Lipinski definition) is 5. The van der Waals surface area contributed by atoms with Gasteiger partial charge in [-0.05, 0) is 29.3 Å². The van der Waals surface area contributed by atoms with Gasteiger partial charge in [-0.2, -0.15) is 13.2 Å². The summed E-state index contributed by atoms with van der Waals surface area (Å²) >= 11 is 0. The molecule has 6 rings (SSSR count). The Morgan fingerprint density at radius 1 is 0.944 bits per heavy atom. The maximum absolute atomic E-state index is 14.1. The molecule has 0 aliphatic carbocycles. The second-order valence-electron chi connectivity index (χ2n) is 8.76. The van der Waals surface area contributed by atoms with Gasteiger partial charge in [0, 0.05) is 22.9 Å². The summed E-state index contributed by atoms with van der Waals surface area (Å²) in [5.41, 5.74) is 1.40. The zero-order chi connectivity index (χ0) is 25.1. The van der Waals surface area contributed by atoms with E-state index in [1.165, 1.54) is 6.07 Å². The molecule has 0 fully saturated rings. The minimum Gasteiger partial charge on any atom is -0.491 e. The number of para-hydroxylation sites is 1. The first-order valence-electron chi connectivity index (χ1n) is 11.2. The number of nitrogens with zero attached hydrogens (tertiary/aromatic N) is 1. The lowest BCUT2D eigenvalue weighted by atomic mass is 9.77. The minimum atomic E-state index is -4.54. The number of rotatable bonds is 4. The molecule has 7 nitrogen and oxygen atoms in total. The molecule has 3 aromatic carbocycles. The number of carbonyl (C=O) groups is 2. The monoisotopic (exact) mass is 496 g/mol. The summed E-state index contributed by atoms with van der Waals surface area (Å²) in [6.45, 7) is -1.30. The Balaban J connectivity index is 1.38. The van der Waals surface area contributed by atoms with Crippen LogP contribution in [0.3, 0.4) is 0 Å². The third kappa shape index (κ3) is 3.35. The molecule has 10 heteroatoms. The molecule has 1 unspecified atom stereocenters. The van der Waals surface area contributed by atoms with Gasteiger partial charge in [-0.25, -0.2) is 0 Å². The minimum absolute atomic E-state index is 0.00685. The lowest BCUT2D eigenvalue weighted by molar-refractivity contribution is -0.123. The number of alkyl halides is 3. The Bertz CT molecular complexity index is 1410. The van der Waals surface area contributed by atoms with Crippen LogP contribution in [0, 0.1) is 0 Å². The van der Waals surface area contributed by atoms with Crippen molar-refractivity contribution in [2.75, 3.05) is 24.8 Å². The predicted octanol–water partition coefficient (Wildman–Crippen LogP) is 3.93. The van der Waals surface area contributed by atoms with Gasteiger partial charge in [0.05, 0.1) is 6.54 Å². The van der Waals surface area contributed by atoms with Crippen LogP contribution < -0.4 is 24.4 Å². The highest BCUT2D eigenvalue weighted by atomic mass is 19.4. The third-order valence-electron chi connectivity index (χ3n) is 6.68. The van der Waals surface area contributed by atoms with Crippen molar-refractivity contribution in [3.05, 3.63) is 82.9 Å². The van der Waals surface area contributed by atoms with E-state index in [0.29, 0.717) is 34.1 Å². The first-order chi connectivity index (χ1) is 17.3. The van der Waals surface area contributed by atoms with Crippen molar-refractivity contribution in [3.8, 4) is 17.2 Å². The largest absolute Gasteiger partial charge is 0.491 e. The molecule has 3 aromatic rings. The maximum atomic E-state index is 14.1. The number of nitrogens with one attached hydrogen (secondary N) is 1. The number of fused-ring (bicyclic) bond motifs is 5. The Kier molecular flexibility index (Phi) is 4.89. The van der Waals surface area contributed by atoms with Crippen molar-refractivity contribution in [1.29, 1.82) is 0 Å². The van der Waals surface area contributed by atoms with Gasteiger partial charge in [-0.1, -0.05) is 36.4 Å². The van der Waals surface area contributed by atoms with E-state index in [2.05, 4.69) is 0 Å². The molecular formula is C26H19F3N2O5. The van der Waals surface area contributed by atoms with Crippen LogP contribution in [0.2, 0.25) is 0 Å². The number of hydrogen-bond donors (Lipinski definition) is 1. The van der Waals surface area contributed by atoms with E-state index in [1.807, 2.05) is 17.4 Å². The van der Waals surface area contributed by atoms with E-state index >= 15 is 0 Å². The molecule has 1 N–H and O–H groups in total. The number of ether oxygens (including phenoxy) is 3. The average Bonchev–Trinajstić information content (AvgIpc) is 3.54. The second kappa shape index (κ2) is 7.91. The smallest absolute Gasteiger partial charge is 0.405 e. The van der Waals surface area contributed by atoms with Crippen LogP contribution in [-0.4, -0.2) is 37.9 Å². The van der Waals surface area contributed by atoms with E-state index in [1.54, 1.807) is 47.4 Å². The molecule has 1 spiro atoms. The number of anilines is 1. The lowest BCUT2D eigenvalue weighted by Gasteiger charge is -2.24. The van der Waals surface area contributed by atoms with Crippen molar-refractivity contribution >= 4 is 17.5 Å². The maximum Gasteiger partial charge on any atom is 0.405 e. The normalized spacial score (nSPS) is 19.3. The fourth-order valence-electron chi connectivity index (χ4n) is 5.05. The van der Waals surface area contributed by atoms with Crippen molar-refractivity contribution in [1.82, 2.24) is 5.32 Å². The zero-order valence-electron chi connectivity index (χ0n) is 18.7. The summed E-state index contributed by atoms with van der Waals surface area (Å²) in [5.74, 6) is 0.469.